The van der Waals surface area contributed by atoms with Gasteiger partial charge in [-0.3, -0.25) is 14.8 Å². The third kappa shape index (κ3) is 3.79. The summed E-state index contributed by atoms with van der Waals surface area (Å²) in [6, 6.07) is 17.6. The first-order valence-electron chi connectivity index (χ1n) is 11.5. The van der Waals surface area contributed by atoms with Crippen LogP contribution in [0.3, 0.4) is 0 Å². The van der Waals surface area contributed by atoms with Crippen LogP contribution in [0.15, 0.2) is 54.6 Å². The van der Waals surface area contributed by atoms with Crippen LogP contribution in [-0.2, 0) is 17.3 Å². The summed E-state index contributed by atoms with van der Waals surface area (Å²) >= 11 is 0. The van der Waals surface area contributed by atoms with E-state index in [1.807, 2.05) is 65.4 Å². The number of hydrogen-bond donors (Lipinski definition) is 1. The largest absolute Gasteiger partial charge is 0.497 e. The second-order valence-corrected chi connectivity index (χ2v) is 9.09. The van der Waals surface area contributed by atoms with Crippen molar-refractivity contribution < 1.29 is 14.3 Å². The number of ether oxygens (including phenoxy) is 1. The SMILES string of the molecule is COc1cccc(-c2cc(NC(=O)N3CCC4(CC3)CN(C(C)=O)c3ccccc34)n(C)n2)c1. The van der Waals surface area contributed by atoms with E-state index in [1.54, 1.807) is 18.7 Å². The number of rotatable bonds is 3. The Labute approximate surface area is 199 Å². The minimum atomic E-state index is -0.134. The molecule has 2 aliphatic rings. The number of carbonyl (C=O) groups is 2. The Morgan fingerprint density at radius 1 is 1.06 bits per heavy atom. The standard InChI is InChI=1S/C26H29N5O3/c1-18(32)31-17-26(21-9-4-5-10-23(21)31)11-13-30(14-12-26)25(33)27-24-16-22(28-29(24)2)19-7-6-8-20(15-19)34-3/h4-10,15-16H,11-14,17H2,1-3H3,(H,27,33). The van der Waals surface area contributed by atoms with Crippen LogP contribution in [0.5, 0.6) is 5.75 Å². The predicted molar refractivity (Wildman–Crippen MR) is 131 cm³/mol. The number of nitrogens with zero attached hydrogens (tertiary/aromatic N) is 4. The van der Waals surface area contributed by atoms with Crippen molar-refractivity contribution >= 4 is 23.4 Å². The van der Waals surface area contributed by atoms with E-state index in [-0.39, 0.29) is 17.4 Å². The Morgan fingerprint density at radius 3 is 2.56 bits per heavy atom. The zero-order valence-electron chi connectivity index (χ0n) is 19.7. The summed E-state index contributed by atoms with van der Waals surface area (Å²) in [6.45, 7) is 3.56. The number of benzene rings is 2. The first kappa shape index (κ1) is 22.0. The van der Waals surface area contributed by atoms with Crippen LogP contribution in [0.1, 0.15) is 25.3 Å². The smallest absolute Gasteiger partial charge is 0.323 e. The molecule has 0 aliphatic carbocycles. The van der Waals surface area contributed by atoms with E-state index in [4.69, 9.17) is 4.74 Å². The van der Waals surface area contributed by atoms with E-state index >= 15 is 0 Å². The molecule has 1 N–H and O–H groups in total. The van der Waals surface area contributed by atoms with E-state index in [0.717, 1.165) is 35.5 Å². The van der Waals surface area contributed by atoms with Gasteiger partial charge in [-0.05, 0) is 36.6 Å². The highest BCUT2D eigenvalue weighted by Gasteiger charge is 2.46. The minimum absolute atomic E-state index is 0.0625. The van der Waals surface area contributed by atoms with Crippen molar-refractivity contribution in [3.8, 4) is 17.0 Å². The van der Waals surface area contributed by atoms with Gasteiger partial charge in [-0.25, -0.2) is 4.79 Å². The number of methoxy groups -OCH3 is 1. The summed E-state index contributed by atoms with van der Waals surface area (Å²) in [6.07, 6.45) is 1.64. The van der Waals surface area contributed by atoms with E-state index in [0.29, 0.717) is 25.5 Å². The van der Waals surface area contributed by atoms with Crippen molar-refractivity contribution in [2.75, 3.05) is 37.0 Å². The molecule has 3 heterocycles. The molecule has 3 amide bonds. The molecule has 0 radical (unpaired) electrons. The fourth-order valence-electron chi connectivity index (χ4n) is 5.17. The van der Waals surface area contributed by atoms with Gasteiger partial charge in [0.05, 0.1) is 12.8 Å². The summed E-state index contributed by atoms with van der Waals surface area (Å²) in [5.41, 5.74) is 3.82. The molecule has 0 atom stereocenters. The number of hydrogen-bond acceptors (Lipinski definition) is 4. The number of para-hydroxylation sites is 1. The Balaban J connectivity index is 1.28. The Hall–Kier alpha value is -3.81. The molecule has 176 valence electrons. The van der Waals surface area contributed by atoms with Gasteiger partial charge >= 0.3 is 6.03 Å². The van der Waals surface area contributed by atoms with Crippen molar-refractivity contribution in [2.45, 2.75) is 25.2 Å². The van der Waals surface area contributed by atoms with Gasteiger partial charge in [-0.2, -0.15) is 5.10 Å². The fourth-order valence-corrected chi connectivity index (χ4v) is 5.17. The van der Waals surface area contributed by atoms with Crippen LogP contribution in [0.2, 0.25) is 0 Å². The number of anilines is 2. The van der Waals surface area contributed by atoms with Gasteiger partial charge in [0, 0.05) is 56.3 Å². The van der Waals surface area contributed by atoms with Gasteiger partial charge in [0.1, 0.15) is 11.6 Å². The van der Waals surface area contributed by atoms with Crippen molar-refractivity contribution in [1.29, 1.82) is 0 Å². The van der Waals surface area contributed by atoms with Gasteiger partial charge in [-0.15, -0.1) is 0 Å². The Kier molecular flexibility index (Phi) is 5.51. The lowest BCUT2D eigenvalue weighted by Crippen LogP contribution is -2.48. The molecule has 0 bridgehead atoms. The number of carbonyl (C=O) groups excluding carboxylic acids is 2. The van der Waals surface area contributed by atoms with Gasteiger partial charge in [0.25, 0.3) is 0 Å². The molecule has 1 saturated heterocycles. The quantitative estimate of drug-likeness (QED) is 0.641. The number of urea groups is 1. The van der Waals surface area contributed by atoms with Gasteiger partial charge in [-0.1, -0.05) is 30.3 Å². The topological polar surface area (TPSA) is 79.7 Å². The van der Waals surface area contributed by atoms with Crippen molar-refractivity contribution in [3.05, 3.63) is 60.2 Å². The zero-order chi connectivity index (χ0) is 23.9. The van der Waals surface area contributed by atoms with Crippen molar-refractivity contribution in [1.82, 2.24) is 14.7 Å². The Bertz CT molecular complexity index is 1240. The van der Waals surface area contributed by atoms with Crippen LogP contribution in [0.4, 0.5) is 16.3 Å². The number of nitrogens with one attached hydrogen (secondary N) is 1. The van der Waals surface area contributed by atoms with Crippen LogP contribution in [-0.4, -0.2) is 53.4 Å². The third-order valence-corrected chi connectivity index (χ3v) is 7.10. The highest BCUT2D eigenvalue weighted by molar-refractivity contribution is 5.95. The molecule has 8 heteroatoms. The molecule has 0 unspecified atom stereocenters. The average Bonchev–Trinajstić information content (AvgIpc) is 3.38. The highest BCUT2D eigenvalue weighted by atomic mass is 16.5. The predicted octanol–water partition coefficient (Wildman–Crippen LogP) is 4.03. The molecule has 5 rings (SSSR count). The van der Waals surface area contributed by atoms with Gasteiger partial charge in [0.15, 0.2) is 0 Å². The third-order valence-electron chi connectivity index (χ3n) is 7.10. The van der Waals surface area contributed by atoms with Crippen molar-refractivity contribution in [2.24, 2.45) is 7.05 Å². The number of amides is 3. The number of aromatic nitrogens is 2. The van der Waals surface area contributed by atoms with Crippen LogP contribution in [0, 0.1) is 0 Å². The highest BCUT2D eigenvalue weighted by Crippen LogP contribution is 2.47. The summed E-state index contributed by atoms with van der Waals surface area (Å²) in [5.74, 6) is 1.46. The van der Waals surface area contributed by atoms with E-state index < -0.39 is 0 Å². The summed E-state index contributed by atoms with van der Waals surface area (Å²) in [7, 11) is 3.45. The Morgan fingerprint density at radius 2 is 1.82 bits per heavy atom. The zero-order valence-corrected chi connectivity index (χ0v) is 19.7. The molecular formula is C26H29N5O3. The number of fused-ring (bicyclic) bond motifs is 2. The molecule has 1 fully saturated rings. The maximum atomic E-state index is 13.1. The van der Waals surface area contributed by atoms with E-state index in [9.17, 15) is 9.59 Å². The molecule has 8 nitrogen and oxygen atoms in total. The molecule has 0 saturated carbocycles. The van der Waals surface area contributed by atoms with E-state index in [2.05, 4.69) is 16.5 Å². The second-order valence-electron chi connectivity index (χ2n) is 9.09. The second kappa shape index (κ2) is 8.52. The summed E-state index contributed by atoms with van der Waals surface area (Å²) < 4.78 is 6.98. The molecular weight excluding hydrogens is 430 g/mol. The van der Waals surface area contributed by atoms with E-state index in [1.165, 1.54) is 5.56 Å². The molecule has 3 aromatic rings. The molecule has 34 heavy (non-hydrogen) atoms. The van der Waals surface area contributed by atoms with Gasteiger partial charge in [0.2, 0.25) is 5.91 Å². The fraction of sp³-hybridized carbons (Fsp3) is 0.346. The number of aryl methyl sites for hydroxylation is 1. The lowest BCUT2D eigenvalue weighted by atomic mass is 9.74. The molecule has 2 aliphatic heterocycles. The lowest BCUT2D eigenvalue weighted by Gasteiger charge is -2.39. The summed E-state index contributed by atoms with van der Waals surface area (Å²) in [5, 5.41) is 7.57. The minimum Gasteiger partial charge on any atom is -0.497 e. The van der Waals surface area contributed by atoms with Crippen LogP contribution >= 0.6 is 0 Å². The normalized spacial score (nSPS) is 16.4. The lowest BCUT2D eigenvalue weighted by molar-refractivity contribution is -0.116. The molecule has 2 aromatic carbocycles. The van der Waals surface area contributed by atoms with Gasteiger partial charge < -0.3 is 14.5 Å². The number of piperidine rings is 1. The number of likely N-dealkylation sites (tertiary alicyclic amines) is 1. The first-order chi connectivity index (χ1) is 16.4. The monoisotopic (exact) mass is 459 g/mol. The maximum absolute atomic E-state index is 13.1. The van der Waals surface area contributed by atoms with Crippen LogP contribution < -0.4 is 15.0 Å². The summed E-state index contributed by atoms with van der Waals surface area (Å²) in [4.78, 5) is 29.0. The average molecular weight is 460 g/mol. The molecule has 1 aromatic heterocycles. The van der Waals surface area contributed by atoms with Crippen LogP contribution in [0.25, 0.3) is 11.3 Å². The maximum Gasteiger partial charge on any atom is 0.323 e. The molecule has 1 spiro atoms. The first-order valence-corrected chi connectivity index (χ1v) is 11.5. The van der Waals surface area contributed by atoms with Crippen molar-refractivity contribution in [3.63, 3.8) is 0 Å².